The SMILES string of the molecule is C=CCNS(=O)(=O)c1ccc(C(=O)NCCC2CCCNC2)cc1. The van der Waals surface area contributed by atoms with E-state index in [4.69, 9.17) is 0 Å². The summed E-state index contributed by atoms with van der Waals surface area (Å²) >= 11 is 0. The van der Waals surface area contributed by atoms with Crippen LogP contribution in [0, 0.1) is 5.92 Å². The van der Waals surface area contributed by atoms with Crippen LogP contribution in [0.15, 0.2) is 41.8 Å². The van der Waals surface area contributed by atoms with E-state index in [1.165, 1.54) is 43.2 Å². The molecule has 0 saturated carbocycles. The van der Waals surface area contributed by atoms with Gasteiger partial charge in [0, 0.05) is 18.7 Å². The van der Waals surface area contributed by atoms with Gasteiger partial charge < -0.3 is 10.6 Å². The Morgan fingerprint density at radius 1 is 1.33 bits per heavy atom. The maximum absolute atomic E-state index is 12.1. The van der Waals surface area contributed by atoms with Crippen LogP contribution in [0.1, 0.15) is 29.6 Å². The highest BCUT2D eigenvalue weighted by molar-refractivity contribution is 7.89. The lowest BCUT2D eigenvalue weighted by Crippen LogP contribution is -2.33. The number of rotatable bonds is 8. The second-order valence-electron chi connectivity index (χ2n) is 5.92. The van der Waals surface area contributed by atoms with E-state index in [2.05, 4.69) is 21.9 Å². The first-order valence-corrected chi connectivity index (χ1v) is 9.71. The predicted octanol–water partition coefficient (Wildman–Crippen LogP) is 1.27. The van der Waals surface area contributed by atoms with Crippen LogP contribution in [0.25, 0.3) is 0 Å². The van der Waals surface area contributed by atoms with Gasteiger partial charge in [0.1, 0.15) is 0 Å². The van der Waals surface area contributed by atoms with Crippen LogP contribution in [0.2, 0.25) is 0 Å². The van der Waals surface area contributed by atoms with E-state index in [0.29, 0.717) is 18.0 Å². The monoisotopic (exact) mass is 351 g/mol. The lowest BCUT2D eigenvalue weighted by molar-refractivity contribution is 0.0950. The van der Waals surface area contributed by atoms with Crippen LogP contribution < -0.4 is 15.4 Å². The molecule has 1 saturated heterocycles. The van der Waals surface area contributed by atoms with Gasteiger partial charge in [0.15, 0.2) is 0 Å². The molecule has 1 fully saturated rings. The molecular formula is C17H25N3O3S. The van der Waals surface area contributed by atoms with E-state index in [1.54, 1.807) is 0 Å². The summed E-state index contributed by atoms with van der Waals surface area (Å²) in [7, 11) is -3.56. The fourth-order valence-corrected chi connectivity index (χ4v) is 3.70. The largest absolute Gasteiger partial charge is 0.352 e. The minimum Gasteiger partial charge on any atom is -0.352 e. The Balaban J connectivity index is 1.85. The molecule has 0 radical (unpaired) electrons. The molecule has 7 heteroatoms. The first kappa shape index (κ1) is 18.6. The van der Waals surface area contributed by atoms with Crippen molar-refractivity contribution >= 4 is 15.9 Å². The molecule has 2 rings (SSSR count). The highest BCUT2D eigenvalue weighted by Gasteiger charge is 2.15. The molecule has 132 valence electrons. The van der Waals surface area contributed by atoms with Crippen molar-refractivity contribution in [3.05, 3.63) is 42.5 Å². The average Bonchev–Trinajstić information content (AvgIpc) is 2.61. The summed E-state index contributed by atoms with van der Waals surface area (Å²) in [5, 5.41) is 6.25. The third-order valence-electron chi connectivity index (χ3n) is 4.08. The molecule has 1 aromatic carbocycles. The molecule has 1 aliphatic heterocycles. The van der Waals surface area contributed by atoms with Crippen LogP contribution >= 0.6 is 0 Å². The molecule has 6 nitrogen and oxygen atoms in total. The molecule has 1 amide bonds. The predicted molar refractivity (Wildman–Crippen MR) is 94.4 cm³/mol. The Morgan fingerprint density at radius 3 is 2.71 bits per heavy atom. The molecule has 24 heavy (non-hydrogen) atoms. The standard InChI is InChI=1S/C17H25N3O3S/c1-2-10-20-24(22,23)16-7-5-15(6-8-16)17(21)19-12-9-14-4-3-11-18-13-14/h2,5-8,14,18,20H,1,3-4,9-13H2,(H,19,21). The maximum Gasteiger partial charge on any atom is 0.251 e. The van der Waals surface area contributed by atoms with Crippen molar-refractivity contribution in [3.8, 4) is 0 Å². The second kappa shape index (κ2) is 8.96. The van der Waals surface area contributed by atoms with Gasteiger partial charge >= 0.3 is 0 Å². The van der Waals surface area contributed by atoms with Gasteiger partial charge in [-0.2, -0.15) is 0 Å². The molecule has 1 atom stereocenters. The lowest BCUT2D eigenvalue weighted by atomic mass is 9.96. The van der Waals surface area contributed by atoms with E-state index in [-0.39, 0.29) is 17.3 Å². The number of carbonyl (C=O) groups excluding carboxylic acids is 1. The molecule has 0 aliphatic carbocycles. The summed E-state index contributed by atoms with van der Waals surface area (Å²) in [6.07, 6.45) is 4.82. The highest BCUT2D eigenvalue weighted by Crippen LogP contribution is 2.13. The van der Waals surface area contributed by atoms with Gasteiger partial charge in [-0.15, -0.1) is 6.58 Å². The molecule has 1 aliphatic rings. The number of benzene rings is 1. The van der Waals surface area contributed by atoms with Crippen molar-refractivity contribution in [2.75, 3.05) is 26.2 Å². The first-order chi connectivity index (χ1) is 11.5. The lowest BCUT2D eigenvalue weighted by Gasteiger charge is -2.22. The van der Waals surface area contributed by atoms with E-state index >= 15 is 0 Å². The van der Waals surface area contributed by atoms with Gasteiger partial charge in [0.2, 0.25) is 10.0 Å². The maximum atomic E-state index is 12.1. The smallest absolute Gasteiger partial charge is 0.251 e. The van der Waals surface area contributed by atoms with E-state index < -0.39 is 10.0 Å². The van der Waals surface area contributed by atoms with Gasteiger partial charge in [0.25, 0.3) is 5.91 Å². The Kier molecular flexibility index (Phi) is 6.96. The fraction of sp³-hybridized carbons (Fsp3) is 0.471. The van der Waals surface area contributed by atoms with E-state index in [0.717, 1.165) is 19.5 Å². The minimum atomic E-state index is -3.56. The zero-order valence-corrected chi connectivity index (χ0v) is 14.6. The number of carbonyl (C=O) groups is 1. The number of hydrogen-bond donors (Lipinski definition) is 3. The zero-order chi connectivity index (χ0) is 17.4. The molecule has 0 bridgehead atoms. The Labute approximate surface area is 143 Å². The third kappa shape index (κ3) is 5.43. The van der Waals surface area contributed by atoms with Crippen molar-refractivity contribution in [2.45, 2.75) is 24.2 Å². The Hall–Kier alpha value is -1.70. The highest BCUT2D eigenvalue weighted by atomic mass is 32.2. The van der Waals surface area contributed by atoms with Crippen molar-refractivity contribution < 1.29 is 13.2 Å². The fourth-order valence-electron chi connectivity index (χ4n) is 2.70. The van der Waals surface area contributed by atoms with Crippen LogP contribution in [0.4, 0.5) is 0 Å². The van der Waals surface area contributed by atoms with Crippen LogP contribution in [-0.4, -0.2) is 40.5 Å². The third-order valence-corrected chi connectivity index (χ3v) is 5.52. The normalized spacial score (nSPS) is 18.1. The van der Waals surface area contributed by atoms with Crippen molar-refractivity contribution in [1.29, 1.82) is 0 Å². The molecule has 1 heterocycles. The summed E-state index contributed by atoms with van der Waals surface area (Å²) in [5.41, 5.74) is 0.458. The average molecular weight is 351 g/mol. The Bertz CT molecular complexity index is 650. The molecule has 0 spiro atoms. The van der Waals surface area contributed by atoms with Gasteiger partial charge in [-0.25, -0.2) is 13.1 Å². The summed E-state index contributed by atoms with van der Waals surface area (Å²) < 4.78 is 26.3. The quantitative estimate of drug-likeness (QED) is 0.616. The van der Waals surface area contributed by atoms with Gasteiger partial charge in [0.05, 0.1) is 4.90 Å². The molecule has 0 aromatic heterocycles. The molecule has 1 unspecified atom stereocenters. The number of hydrogen-bond acceptors (Lipinski definition) is 4. The number of amides is 1. The summed E-state index contributed by atoms with van der Waals surface area (Å²) in [5.74, 6) is 0.435. The van der Waals surface area contributed by atoms with Gasteiger partial charge in [-0.3, -0.25) is 4.79 Å². The molecular weight excluding hydrogens is 326 g/mol. The summed E-state index contributed by atoms with van der Waals surface area (Å²) in [4.78, 5) is 12.2. The second-order valence-corrected chi connectivity index (χ2v) is 7.69. The van der Waals surface area contributed by atoms with Crippen LogP contribution in [0.5, 0.6) is 0 Å². The van der Waals surface area contributed by atoms with E-state index in [1.807, 2.05) is 0 Å². The van der Waals surface area contributed by atoms with Crippen molar-refractivity contribution in [3.63, 3.8) is 0 Å². The summed E-state index contributed by atoms with van der Waals surface area (Å²) in [6, 6.07) is 5.93. The van der Waals surface area contributed by atoms with Gasteiger partial charge in [-0.1, -0.05) is 6.08 Å². The molecule has 3 N–H and O–H groups in total. The minimum absolute atomic E-state index is 0.134. The van der Waals surface area contributed by atoms with Crippen LogP contribution in [-0.2, 0) is 10.0 Å². The number of piperidine rings is 1. The van der Waals surface area contributed by atoms with Crippen molar-refractivity contribution in [2.24, 2.45) is 5.92 Å². The van der Waals surface area contributed by atoms with Crippen molar-refractivity contribution in [1.82, 2.24) is 15.4 Å². The first-order valence-electron chi connectivity index (χ1n) is 8.22. The Morgan fingerprint density at radius 2 is 2.08 bits per heavy atom. The number of sulfonamides is 1. The van der Waals surface area contributed by atoms with E-state index in [9.17, 15) is 13.2 Å². The number of nitrogens with one attached hydrogen (secondary N) is 3. The molecule has 1 aromatic rings. The van der Waals surface area contributed by atoms with Gasteiger partial charge in [-0.05, 0) is 62.5 Å². The van der Waals surface area contributed by atoms with Crippen LogP contribution in [0.3, 0.4) is 0 Å². The topological polar surface area (TPSA) is 87.3 Å². The zero-order valence-electron chi connectivity index (χ0n) is 13.8. The summed E-state index contributed by atoms with van der Waals surface area (Å²) in [6.45, 7) is 6.37.